The lowest BCUT2D eigenvalue weighted by Gasteiger charge is -2.39. The van der Waals surface area contributed by atoms with Crippen LogP contribution in [0.5, 0.6) is 0 Å². The average Bonchev–Trinajstić information content (AvgIpc) is 3.34. The second-order valence-electron chi connectivity index (χ2n) is 7.79. The van der Waals surface area contributed by atoms with Gasteiger partial charge < -0.3 is 15.2 Å². The van der Waals surface area contributed by atoms with Gasteiger partial charge in [0.15, 0.2) is 0 Å². The quantitative estimate of drug-likeness (QED) is 0.567. The molecule has 0 unspecified atom stereocenters. The average molecular weight is 403 g/mol. The number of aromatic amines is 1. The summed E-state index contributed by atoms with van der Waals surface area (Å²) in [5.41, 5.74) is 3.32. The molecule has 0 saturated carbocycles. The summed E-state index contributed by atoms with van der Waals surface area (Å²) < 4.78 is 0. The van der Waals surface area contributed by atoms with Gasteiger partial charge in [-0.1, -0.05) is 60.7 Å². The lowest BCUT2D eigenvalue weighted by molar-refractivity contribution is 0.0937. The van der Waals surface area contributed by atoms with Crippen molar-refractivity contribution >= 4 is 5.91 Å². The number of nitrogens with one attached hydrogen (secondary N) is 2. The van der Waals surface area contributed by atoms with Crippen LogP contribution in [-0.4, -0.2) is 60.0 Å². The lowest BCUT2D eigenvalue weighted by atomic mass is 9.96. The molecule has 5 nitrogen and oxygen atoms in total. The first-order valence-electron chi connectivity index (χ1n) is 10.8. The number of piperazine rings is 1. The number of carbonyl (C=O) groups is 1. The Morgan fingerprint density at radius 1 is 0.867 bits per heavy atom. The van der Waals surface area contributed by atoms with Gasteiger partial charge in [0.05, 0.1) is 6.04 Å². The molecule has 2 aromatic carbocycles. The first-order valence-corrected chi connectivity index (χ1v) is 10.8. The van der Waals surface area contributed by atoms with Crippen LogP contribution in [0.1, 0.15) is 34.1 Å². The van der Waals surface area contributed by atoms with Gasteiger partial charge >= 0.3 is 0 Å². The summed E-state index contributed by atoms with van der Waals surface area (Å²) in [7, 11) is 0. The normalized spacial score (nSPS) is 15.4. The van der Waals surface area contributed by atoms with E-state index in [0.29, 0.717) is 18.3 Å². The van der Waals surface area contributed by atoms with Crippen LogP contribution >= 0.6 is 0 Å². The summed E-state index contributed by atoms with van der Waals surface area (Å²) in [6.45, 7) is 5.92. The molecule has 2 heterocycles. The van der Waals surface area contributed by atoms with Gasteiger partial charge in [-0.3, -0.25) is 9.69 Å². The van der Waals surface area contributed by atoms with Crippen molar-refractivity contribution in [3.63, 3.8) is 0 Å². The van der Waals surface area contributed by atoms with Crippen LogP contribution in [0, 0.1) is 0 Å². The number of aromatic nitrogens is 1. The highest BCUT2D eigenvalue weighted by Gasteiger charge is 2.26. The predicted octanol–water partition coefficient (Wildman–Crippen LogP) is 3.54. The van der Waals surface area contributed by atoms with E-state index in [2.05, 4.69) is 80.8 Å². The highest BCUT2D eigenvalue weighted by atomic mass is 16.1. The number of hydrogen-bond donors (Lipinski definition) is 2. The van der Waals surface area contributed by atoms with Crippen LogP contribution in [0.4, 0.5) is 0 Å². The van der Waals surface area contributed by atoms with Gasteiger partial charge in [0.25, 0.3) is 5.91 Å². The first kappa shape index (κ1) is 20.4. The Hall–Kier alpha value is -2.89. The maximum Gasteiger partial charge on any atom is 0.267 e. The molecule has 0 aliphatic carbocycles. The van der Waals surface area contributed by atoms with Gasteiger partial charge in [0.1, 0.15) is 5.69 Å². The molecule has 2 N–H and O–H groups in total. The number of hydrogen-bond acceptors (Lipinski definition) is 3. The number of amides is 1. The van der Waals surface area contributed by atoms with Crippen LogP contribution in [0.3, 0.4) is 0 Å². The molecule has 1 aliphatic rings. The molecule has 0 bridgehead atoms. The third-order valence-corrected chi connectivity index (χ3v) is 5.78. The van der Waals surface area contributed by atoms with Gasteiger partial charge in [-0.15, -0.1) is 0 Å². The number of rotatable bonds is 8. The fraction of sp³-hybridized carbons (Fsp3) is 0.320. The smallest absolute Gasteiger partial charge is 0.267 e. The Morgan fingerprint density at radius 3 is 2.07 bits per heavy atom. The molecular weight excluding hydrogens is 372 g/mol. The molecule has 1 saturated heterocycles. The van der Waals surface area contributed by atoms with Crippen molar-refractivity contribution in [1.29, 1.82) is 0 Å². The molecule has 3 aromatic rings. The standard InChI is InChI=1S/C25H30N4O/c30-25(23-13-7-14-26-23)27-15-8-16-28-17-19-29(20-18-28)24(21-9-3-1-4-10-21)22-11-5-2-6-12-22/h1-7,9-14,24,26H,8,15-20H2,(H,27,30). The van der Waals surface area contributed by atoms with E-state index in [0.717, 1.165) is 39.1 Å². The fourth-order valence-corrected chi connectivity index (χ4v) is 4.20. The summed E-state index contributed by atoms with van der Waals surface area (Å²) >= 11 is 0. The molecule has 0 spiro atoms. The Balaban J connectivity index is 1.28. The zero-order valence-corrected chi connectivity index (χ0v) is 17.3. The minimum Gasteiger partial charge on any atom is -0.357 e. The van der Waals surface area contributed by atoms with Crippen LogP contribution in [0.25, 0.3) is 0 Å². The summed E-state index contributed by atoms with van der Waals surface area (Å²) in [5.74, 6) is -0.0293. The van der Waals surface area contributed by atoms with Crippen molar-refractivity contribution in [3.05, 3.63) is 95.8 Å². The maximum atomic E-state index is 12.0. The molecule has 1 aliphatic heterocycles. The molecule has 1 aromatic heterocycles. The van der Waals surface area contributed by atoms with E-state index in [9.17, 15) is 4.79 Å². The van der Waals surface area contributed by atoms with Crippen LogP contribution in [-0.2, 0) is 0 Å². The second-order valence-corrected chi connectivity index (χ2v) is 7.79. The van der Waals surface area contributed by atoms with Gasteiger partial charge in [-0.2, -0.15) is 0 Å². The predicted molar refractivity (Wildman–Crippen MR) is 120 cm³/mol. The molecule has 0 atom stereocenters. The topological polar surface area (TPSA) is 51.4 Å². The van der Waals surface area contributed by atoms with E-state index in [1.807, 2.05) is 6.07 Å². The van der Waals surface area contributed by atoms with Crippen molar-refractivity contribution in [2.75, 3.05) is 39.3 Å². The molecule has 1 fully saturated rings. The van der Waals surface area contributed by atoms with Crippen molar-refractivity contribution in [3.8, 4) is 0 Å². The van der Waals surface area contributed by atoms with Crippen LogP contribution < -0.4 is 5.32 Å². The van der Waals surface area contributed by atoms with E-state index in [1.165, 1.54) is 11.1 Å². The Labute approximate surface area is 178 Å². The Bertz CT molecular complexity index is 848. The molecule has 0 radical (unpaired) electrons. The third-order valence-electron chi connectivity index (χ3n) is 5.78. The van der Waals surface area contributed by atoms with Gasteiger partial charge in [0.2, 0.25) is 0 Å². The second kappa shape index (κ2) is 10.2. The van der Waals surface area contributed by atoms with E-state index in [4.69, 9.17) is 0 Å². The zero-order chi connectivity index (χ0) is 20.6. The summed E-state index contributed by atoms with van der Waals surface area (Å²) in [6.07, 6.45) is 2.74. The SMILES string of the molecule is O=C(NCCCN1CCN(C(c2ccccc2)c2ccccc2)CC1)c1ccc[nH]1. The van der Waals surface area contributed by atoms with E-state index in [1.54, 1.807) is 12.3 Å². The Kier molecular flexibility index (Phi) is 6.95. The minimum atomic E-state index is -0.0293. The third kappa shape index (κ3) is 5.17. The number of nitrogens with zero attached hydrogens (tertiary/aromatic N) is 2. The minimum absolute atomic E-state index is 0.0293. The number of benzene rings is 2. The van der Waals surface area contributed by atoms with Gasteiger partial charge in [-0.05, 0) is 36.2 Å². The van der Waals surface area contributed by atoms with E-state index in [-0.39, 0.29) is 5.91 Å². The molecule has 4 rings (SSSR count). The molecule has 1 amide bonds. The highest BCUT2D eigenvalue weighted by Crippen LogP contribution is 2.29. The molecule has 30 heavy (non-hydrogen) atoms. The van der Waals surface area contributed by atoms with Crippen LogP contribution in [0.2, 0.25) is 0 Å². The summed E-state index contributed by atoms with van der Waals surface area (Å²) in [4.78, 5) is 20.0. The van der Waals surface area contributed by atoms with Gasteiger partial charge in [0, 0.05) is 38.9 Å². The Morgan fingerprint density at radius 2 is 1.50 bits per heavy atom. The van der Waals surface area contributed by atoms with Crippen molar-refractivity contribution in [1.82, 2.24) is 20.1 Å². The number of carbonyl (C=O) groups excluding carboxylic acids is 1. The van der Waals surface area contributed by atoms with Gasteiger partial charge in [-0.25, -0.2) is 0 Å². The van der Waals surface area contributed by atoms with Crippen molar-refractivity contribution < 1.29 is 4.79 Å². The summed E-state index contributed by atoms with van der Waals surface area (Å²) in [6, 6.07) is 25.5. The number of H-pyrrole nitrogens is 1. The molecular formula is C25H30N4O. The monoisotopic (exact) mass is 402 g/mol. The zero-order valence-electron chi connectivity index (χ0n) is 17.3. The molecule has 156 valence electrons. The van der Waals surface area contributed by atoms with E-state index < -0.39 is 0 Å². The van der Waals surface area contributed by atoms with Crippen molar-refractivity contribution in [2.24, 2.45) is 0 Å². The molecule has 5 heteroatoms. The largest absolute Gasteiger partial charge is 0.357 e. The van der Waals surface area contributed by atoms with Crippen molar-refractivity contribution in [2.45, 2.75) is 12.5 Å². The summed E-state index contributed by atoms with van der Waals surface area (Å²) in [5, 5.41) is 2.99. The maximum absolute atomic E-state index is 12.0. The van der Waals surface area contributed by atoms with E-state index >= 15 is 0 Å². The first-order chi connectivity index (χ1) is 14.8. The fourth-order valence-electron chi connectivity index (χ4n) is 4.20. The lowest BCUT2D eigenvalue weighted by Crippen LogP contribution is -2.48. The highest BCUT2D eigenvalue weighted by molar-refractivity contribution is 5.92. The van der Waals surface area contributed by atoms with Crippen LogP contribution in [0.15, 0.2) is 79.0 Å².